The van der Waals surface area contributed by atoms with E-state index < -0.39 is 10.1 Å². The number of para-hydroxylation sites is 1. The molecule has 5 N–H and O–H groups in total. The Balaban J connectivity index is 0.000000200. The molecule has 0 saturated carbocycles. The Kier molecular flexibility index (Phi) is 4.91. The Labute approximate surface area is 112 Å². The van der Waals surface area contributed by atoms with Gasteiger partial charge in [0.2, 0.25) is 0 Å². The number of benzene rings is 2. The van der Waals surface area contributed by atoms with E-state index in [1.807, 2.05) is 31.2 Å². The number of aryl methyl sites for hydroxylation is 1. The second-order valence-corrected chi connectivity index (χ2v) is 5.32. The molecule has 0 amide bonds. The topological polar surface area (TPSA) is 106 Å². The Hall–Kier alpha value is -2.05. The lowest BCUT2D eigenvalue weighted by molar-refractivity contribution is 0.483. The van der Waals surface area contributed by atoms with E-state index in [4.69, 9.17) is 16.0 Å². The van der Waals surface area contributed by atoms with Crippen LogP contribution in [0.3, 0.4) is 0 Å². The highest BCUT2D eigenvalue weighted by atomic mass is 32.2. The van der Waals surface area contributed by atoms with Gasteiger partial charge in [0.1, 0.15) is 0 Å². The molecule has 0 radical (unpaired) electrons. The molecule has 0 atom stereocenters. The quantitative estimate of drug-likeness (QED) is 0.548. The van der Waals surface area contributed by atoms with Crippen LogP contribution in [-0.2, 0) is 10.1 Å². The van der Waals surface area contributed by atoms with Gasteiger partial charge in [-0.1, -0.05) is 18.2 Å². The first-order valence-corrected chi connectivity index (χ1v) is 6.89. The monoisotopic (exact) mass is 280 g/mol. The highest BCUT2D eigenvalue weighted by Gasteiger charge is 2.06. The van der Waals surface area contributed by atoms with Crippen molar-refractivity contribution in [2.24, 2.45) is 0 Å². The highest BCUT2D eigenvalue weighted by molar-refractivity contribution is 7.85. The summed E-state index contributed by atoms with van der Waals surface area (Å²) in [4.78, 5) is -0.147. The summed E-state index contributed by atoms with van der Waals surface area (Å²) in [5.41, 5.74) is 13.3. The molecule has 0 bridgehead atoms. The van der Waals surface area contributed by atoms with Crippen molar-refractivity contribution in [2.75, 3.05) is 11.5 Å². The lowest BCUT2D eigenvalue weighted by Crippen LogP contribution is -1.97. The molecule has 2 aromatic carbocycles. The van der Waals surface area contributed by atoms with Gasteiger partial charge in [-0.3, -0.25) is 4.55 Å². The van der Waals surface area contributed by atoms with Crippen molar-refractivity contribution in [2.45, 2.75) is 11.8 Å². The summed E-state index contributed by atoms with van der Waals surface area (Å²) in [5, 5.41) is 0. The second-order valence-electron chi connectivity index (χ2n) is 3.90. The average Bonchev–Trinajstić information content (AvgIpc) is 2.33. The van der Waals surface area contributed by atoms with E-state index >= 15 is 0 Å². The molecule has 0 aliphatic carbocycles. The molecule has 0 aliphatic heterocycles. The van der Waals surface area contributed by atoms with Crippen molar-refractivity contribution < 1.29 is 13.0 Å². The van der Waals surface area contributed by atoms with Gasteiger partial charge < -0.3 is 11.5 Å². The van der Waals surface area contributed by atoms with Crippen LogP contribution in [0.5, 0.6) is 0 Å². The molecule has 2 rings (SSSR count). The molecule has 0 heterocycles. The molecule has 5 nitrogen and oxygen atoms in total. The summed E-state index contributed by atoms with van der Waals surface area (Å²) in [6.45, 7) is 2.00. The van der Waals surface area contributed by atoms with Gasteiger partial charge in [0, 0.05) is 11.4 Å². The normalized spacial score (nSPS) is 10.4. The highest BCUT2D eigenvalue weighted by Crippen LogP contribution is 2.10. The zero-order chi connectivity index (χ0) is 14.5. The zero-order valence-corrected chi connectivity index (χ0v) is 11.3. The van der Waals surface area contributed by atoms with Gasteiger partial charge in [-0.05, 0) is 42.8 Å². The Bertz CT molecular complexity index is 616. The van der Waals surface area contributed by atoms with Crippen molar-refractivity contribution >= 4 is 21.5 Å². The molecule has 102 valence electrons. The van der Waals surface area contributed by atoms with Crippen molar-refractivity contribution in [3.63, 3.8) is 0 Å². The molecule has 0 fully saturated rings. The predicted molar refractivity (Wildman–Crippen MR) is 76.3 cm³/mol. The SMILES string of the molecule is Cc1ccccc1N.Nc1ccc(S(=O)(=O)O)cc1. The third kappa shape index (κ3) is 4.99. The molecule has 0 spiro atoms. The van der Waals surface area contributed by atoms with E-state index in [2.05, 4.69) is 0 Å². The maximum Gasteiger partial charge on any atom is 0.294 e. The van der Waals surface area contributed by atoms with Gasteiger partial charge in [0.15, 0.2) is 0 Å². The van der Waals surface area contributed by atoms with Gasteiger partial charge in [-0.25, -0.2) is 0 Å². The Morgan fingerprint density at radius 2 is 1.47 bits per heavy atom. The van der Waals surface area contributed by atoms with E-state index in [9.17, 15) is 8.42 Å². The first-order valence-electron chi connectivity index (χ1n) is 5.45. The minimum absolute atomic E-state index is 0.147. The van der Waals surface area contributed by atoms with Crippen LogP contribution < -0.4 is 11.5 Å². The fourth-order valence-corrected chi connectivity index (χ4v) is 1.71. The minimum atomic E-state index is -4.08. The molecular formula is C13H16N2O3S. The number of nitrogen functional groups attached to an aromatic ring is 2. The summed E-state index contributed by atoms with van der Waals surface area (Å²) in [7, 11) is -4.08. The van der Waals surface area contributed by atoms with Crippen LogP contribution >= 0.6 is 0 Å². The van der Waals surface area contributed by atoms with E-state index in [1.54, 1.807) is 0 Å². The summed E-state index contributed by atoms with van der Waals surface area (Å²) in [6.07, 6.45) is 0. The van der Waals surface area contributed by atoms with Crippen molar-refractivity contribution in [3.05, 3.63) is 54.1 Å². The Morgan fingerprint density at radius 3 is 1.84 bits per heavy atom. The van der Waals surface area contributed by atoms with E-state index in [0.29, 0.717) is 5.69 Å². The lowest BCUT2D eigenvalue weighted by atomic mass is 10.2. The van der Waals surface area contributed by atoms with Gasteiger partial charge in [-0.2, -0.15) is 8.42 Å². The van der Waals surface area contributed by atoms with Crippen LogP contribution in [0.2, 0.25) is 0 Å². The van der Waals surface area contributed by atoms with Gasteiger partial charge in [-0.15, -0.1) is 0 Å². The zero-order valence-electron chi connectivity index (χ0n) is 10.4. The van der Waals surface area contributed by atoms with Crippen LogP contribution in [0.1, 0.15) is 5.56 Å². The van der Waals surface area contributed by atoms with Crippen LogP contribution in [0.15, 0.2) is 53.4 Å². The fourth-order valence-electron chi connectivity index (χ4n) is 1.23. The molecule has 0 aliphatic rings. The number of hydrogen-bond acceptors (Lipinski definition) is 4. The van der Waals surface area contributed by atoms with Crippen LogP contribution in [0.4, 0.5) is 11.4 Å². The number of anilines is 2. The molecule has 0 unspecified atom stereocenters. The van der Waals surface area contributed by atoms with Crippen LogP contribution in [0.25, 0.3) is 0 Å². The fraction of sp³-hybridized carbons (Fsp3) is 0.0769. The van der Waals surface area contributed by atoms with Crippen molar-refractivity contribution in [1.82, 2.24) is 0 Å². The first-order chi connectivity index (χ1) is 8.80. The van der Waals surface area contributed by atoms with Gasteiger partial charge >= 0.3 is 0 Å². The second kappa shape index (κ2) is 6.21. The molecule has 2 aromatic rings. The average molecular weight is 280 g/mol. The summed E-state index contributed by atoms with van der Waals surface area (Å²) >= 11 is 0. The van der Waals surface area contributed by atoms with Crippen molar-refractivity contribution in [3.8, 4) is 0 Å². The standard InChI is InChI=1S/C7H9N.C6H7NO3S/c1-6-4-2-3-5-7(6)8;7-5-1-3-6(4-2-5)11(8,9)10/h2-5H,8H2,1H3;1-4H,7H2,(H,8,9,10). The Morgan fingerprint density at radius 1 is 0.947 bits per heavy atom. The van der Waals surface area contributed by atoms with E-state index in [0.717, 1.165) is 11.3 Å². The molecule has 0 saturated heterocycles. The first kappa shape index (κ1) is 15.0. The van der Waals surface area contributed by atoms with Crippen LogP contribution in [0, 0.1) is 6.92 Å². The van der Waals surface area contributed by atoms with Gasteiger partial charge in [0.05, 0.1) is 4.90 Å². The predicted octanol–water partition coefficient (Wildman–Crippen LogP) is 2.09. The molecular weight excluding hydrogens is 264 g/mol. The molecule has 0 aromatic heterocycles. The summed E-state index contributed by atoms with van der Waals surface area (Å²) in [6, 6.07) is 13.1. The number of rotatable bonds is 1. The smallest absolute Gasteiger partial charge is 0.294 e. The lowest BCUT2D eigenvalue weighted by Gasteiger charge is -1.95. The minimum Gasteiger partial charge on any atom is -0.399 e. The number of nitrogens with two attached hydrogens (primary N) is 2. The third-order valence-corrected chi connectivity index (χ3v) is 3.23. The van der Waals surface area contributed by atoms with Gasteiger partial charge in [0.25, 0.3) is 10.1 Å². The summed E-state index contributed by atoms with van der Waals surface area (Å²) in [5.74, 6) is 0. The maximum absolute atomic E-state index is 10.5. The largest absolute Gasteiger partial charge is 0.399 e. The maximum atomic E-state index is 10.5. The van der Waals surface area contributed by atoms with Crippen molar-refractivity contribution in [1.29, 1.82) is 0 Å². The molecule has 6 heteroatoms. The number of hydrogen-bond donors (Lipinski definition) is 3. The van der Waals surface area contributed by atoms with E-state index in [1.165, 1.54) is 24.3 Å². The molecule has 19 heavy (non-hydrogen) atoms. The third-order valence-electron chi connectivity index (χ3n) is 2.37. The van der Waals surface area contributed by atoms with E-state index in [-0.39, 0.29) is 4.90 Å². The van der Waals surface area contributed by atoms with Crippen LogP contribution in [-0.4, -0.2) is 13.0 Å². The summed E-state index contributed by atoms with van der Waals surface area (Å²) < 4.78 is 29.4.